The number of fused-ring (bicyclic) bond motifs is 1. The fraction of sp³-hybridized carbons (Fsp3) is 0.357. The first kappa shape index (κ1) is 25.7. The second kappa shape index (κ2) is 9.75. The Hall–Kier alpha value is -3.92. The Balaban J connectivity index is 1.92. The summed E-state index contributed by atoms with van der Waals surface area (Å²) in [5.74, 6) is -1.15. The van der Waals surface area contributed by atoms with E-state index in [2.05, 4.69) is 20.3 Å². The molecule has 1 aromatic carbocycles. The fourth-order valence-corrected chi connectivity index (χ4v) is 5.09. The van der Waals surface area contributed by atoms with Gasteiger partial charge in [0.05, 0.1) is 22.3 Å². The monoisotopic (exact) mass is 519 g/mol. The molecule has 8 nitrogen and oxygen atoms in total. The van der Waals surface area contributed by atoms with Crippen molar-refractivity contribution in [3.05, 3.63) is 69.9 Å². The van der Waals surface area contributed by atoms with Crippen LogP contribution >= 0.6 is 0 Å². The molecule has 0 saturated carbocycles. The van der Waals surface area contributed by atoms with E-state index in [1.54, 1.807) is 12.3 Å². The highest BCUT2D eigenvalue weighted by Crippen LogP contribution is 2.35. The van der Waals surface area contributed by atoms with Gasteiger partial charge < -0.3 is 16.0 Å². The molecule has 10 heteroatoms. The number of nitrogen functional groups attached to an aromatic ring is 1. The van der Waals surface area contributed by atoms with Gasteiger partial charge in [-0.25, -0.2) is 23.1 Å². The molecule has 0 spiro atoms. The zero-order chi connectivity index (χ0) is 27.3. The first-order valence-electron chi connectivity index (χ1n) is 12.7. The van der Waals surface area contributed by atoms with Crippen molar-refractivity contribution in [2.45, 2.75) is 52.6 Å². The minimum Gasteiger partial charge on any atom is -0.398 e. The molecule has 0 aliphatic carbocycles. The summed E-state index contributed by atoms with van der Waals surface area (Å²) in [6.45, 7) is 11.1. The van der Waals surface area contributed by atoms with Crippen molar-refractivity contribution in [3.8, 4) is 16.9 Å². The molecule has 3 aromatic heterocycles. The lowest BCUT2D eigenvalue weighted by molar-refractivity contribution is 0.423. The van der Waals surface area contributed by atoms with E-state index in [1.807, 2.05) is 39.5 Å². The van der Waals surface area contributed by atoms with E-state index in [9.17, 15) is 9.18 Å². The molecule has 1 fully saturated rings. The molecule has 38 heavy (non-hydrogen) atoms. The number of nitrogens with one attached hydrogen (secondary N) is 1. The van der Waals surface area contributed by atoms with Crippen LogP contribution in [0, 0.1) is 18.6 Å². The summed E-state index contributed by atoms with van der Waals surface area (Å²) in [4.78, 5) is 29.4. The average molecular weight is 520 g/mol. The number of hydrogen-bond donors (Lipinski definition) is 2. The van der Waals surface area contributed by atoms with Crippen LogP contribution < -0.4 is 21.6 Å². The van der Waals surface area contributed by atoms with Crippen LogP contribution in [0.5, 0.6) is 0 Å². The molecule has 3 N–H and O–H groups in total. The van der Waals surface area contributed by atoms with Gasteiger partial charge in [0.2, 0.25) is 0 Å². The SMILES string of the molecule is Cc1ccnc(C(C)C)c1-n1c(=O)nc(N2C[C@@H](C)NC[C@@H]2C)c2cc(F)c(-c3c(N)cccc3F)nc21. The molecule has 1 aliphatic rings. The molecule has 1 aliphatic heterocycles. The Morgan fingerprint density at radius 1 is 1.13 bits per heavy atom. The third kappa shape index (κ3) is 4.28. The standard InChI is InChI=1S/C28H31F2N7O/c1-14(2)23-25(15(3)9-10-32-23)37-27-18(26(35-28(37)38)36-13-16(4)33-12-17(36)5)11-20(30)24(34-27)22-19(29)7-6-8-21(22)31/h6-11,14,16-17,33H,12-13,31H2,1-5H3/t16-,17+/m1/s1. The molecule has 0 radical (unpaired) electrons. The van der Waals surface area contributed by atoms with Gasteiger partial charge in [-0.15, -0.1) is 0 Å². The summed E-state index contributed by atoms with van der Waals surface area (Å²) in [7, 11) is 0. The first-order chi connectivity index (χ1) is 18.1. The Labute approximate surface area is 219 Å². The smallest absolute Gasteiger partial charge is 0.355 e. The van der Waals surface area contributed by atoms with E-state index in [-0.39, 0.29) is 40.6 Å². The van der Waals surface area contributed by atoms with Crippen LogP contribution in [0.3, 0.4) is 0 Å². The Kier molecular flexibility index (Phi) is 6.60. The fourth-order valence-electron chi connectivity index (χ4n) is 5.09. The maximum atomic E-state index is 15.8. The van der Waals surface area contributed by atoms with Crippen LogP contribution in [0.2, 0.25) is 0 Å². The van der Waals surface area contributed by atoms with E-state index in [0.29, 0.717) is 35.7 Å². The number of nitrogens with zero attached hydrogens (tertiary/aromatic N) is 5. The molecule has 4 heterocycles. The van der Waals surface area contributed by atoms with Crippen molar-refractivity contribution in [2.24, 2.45) is 0 Å². The molecule has 0 unspecified atom stereocenters. The number of pyridine rings is 2. The molecule has 198 valence electrons. The van der Waals surface area contributed by atoms with Crippen molar-refractivity contribution in [1.82, 2.24) is 24.8 Å². The third-order valence-corrected chi connectivity index (χ3v) is 7.05. The molecule has 5 rings (SSSR count). The van der Waals surface area contributed by atoms with Crippen LogP contribution in [0.15, 0.2) is 41.3 Å². The number of rotatable bonds is 4. The highest BCUT2D eigenvalue weighted by atomic mass is 19.1. The van der Waals surface area contributed by atoms with Crippen molar-refractivity contribution < 1.29 is 8.78 Å². The molecule has 2 atom stereocenters. The quantitative estimate of drug-likeness (QED) is 0.387. The Bertz CT molecular complexity index is 1580. The highest BCUT2D eigenvalue weighted by Gasteiger charge is 2.29. The number of aromatic nitrogens is 4. The van der Waals surface area contributed by atoms with Crippen molar-refractivity contribution >= 4 is 22.5 Å². The summed E-state index contributed by atoms with van der Waals surface area (Å²) in [6, 6.07) is 7.34. The van der Waals surface area contributed by atoms with Gasteiger partial charge in [-0.1, -0.05) is 19.9 Å². The summed E-state index contributed by atoms with van der Waals surface area (Å²) in [6.07, 6.45) is 1.69. The van der Waals surface area contributed by atoms with E-state index in [1.165, 1.54) is 28.8 Å². The van der Waals surface area contributed by atoms with Gasteiger partial charge >= 0.3 is 5.69 Å². The summed E-state index contributed by atoms with van der Waals surface area (Å²) in [5, 5.41) is 3.75. The number of anilines is 2. The summed E-state index contributed by atoms with van der Waals surface area (Å²) >= 11 is 0. The number of benzene rings is 1. The normalized spacial score (nSPS) is 17.9. The third-order valence-electron chi connectivity index (χ3n) is 7.05. The van der Waals surface area contributed by atoms with Crippen LogP contribution in [0.4, 0.5) is 20.3 Å². The van der Waals surface area contributed by atoms with Crippen LogP contribution in [-0.4, -0.2) is 44.7 Å². The zero-order valence-electron chi connectivity index (χ0n) is 22.1. The lowest BCUT2D eigenvalue weighted by Gasteiger charge is -2.38. The van der Waals surface area contributed by atoms with Gasteiger partial charge in [-0.3, -0.25) is 4.98 Å². The maximum absolute atomic E-state index is 15.8. The number of halogens is 2. The largest absolute Gasteiger partial charge is 0.398 e. The number of piperazine rings is 1. The van der Waals surface area contributed by atoms with E-state index < -0.39 is 17.3 Å². The lowest BCUT2D eigenvalue weighted by Crippen LogP contribution is -2.55. The summed E-state index contributed by atoms with van der Waals surface area (Å²) in [5.41, 5.74) is 7.26. The molecule has 1 saturated heterocycles. The Morgan fingerprint density at radius 2 is 1.89 bits per heavy atom. The van der Waals surface area contributed by atoms with E-state index in [0.717, 1.165) is 5.56 Å². The van der Waals surface area contributed by atoms with Crippen molar-refractivity contribution in [1.29, 1.82) is 0 Å². The number of aryl methyl sites for hydroxylation is 1. The molecular formula is C28H31F2N7O. The lowest BCUT2D eigenvalue weighted by atomic mass is 10.0. The maximum Gasteiger partial charge on any atom is 0.355 e. The van der Waals surface area contributed by atoms with Gasteiger partial charge in [-0.2, -0.15) is 4.98 Å². The molecule has 4 aromatic rings. The van der Waals surface area contributed by atoms with Gasteiger partial charge in [0.15, 0.2) is 11.5 Å². The molecule has 0 amide bonds. The average Bonchev–Trinajstić information content (AvgIpc) is 2.86. The Morgan fingerprint density at radius 3 is 2.61 bits per heavy atom. The van der Waals surface area contributed by atoms with Gasteiger partial charge in [-0.05, 0) is 56.5 Å². The summed E-state index contributed by atoms with van der Waals surface area (Å²) < 4.78 is 32.1. The predicted molar refractivity (Wildman–Crippen MR) is 146 cm³/mol. The van der Waals surface area contributed by atoms with Crippen LogP contribution in [0.1, 0.15) is 44.9 Å². The highest BCUT2D eigenvalue weighted by molar-refractivity contribution is 5.91. The molecular weight excluding hydrogens is 488 g/mol. The number of hydrogen-bond acceptors (Lipinski definition) is 7. The van der Waals surface area contributed by atoms with E-state index in [4.69, 9.17) is 5.73 Å². The van der Waals surface area contributed by atoms with Gasteiger partial charge in [0, 0.05) is 37.1 Å². The van der Waals surface area contributed by atoms with Gasteiger partial charge in [0.25, 0.3) is 0 Å². The van der Waals surface area contributed by atoms with Gasteiger partial charge in [0.1, 0.15) is 17.3 Å². The minimum absolute atomic E-state index is 0.00606. The van der Waals surface area contributed by atoms with Crippen molar-refractivity contribution in [2.75, 3.05) is 23.7 Å². The van der Waals surface area contributed by atoms with Crippen LogP contribution in [0.25, 0.3) is 28.0 Å². The van der Waals surface area contributed by atoms with Crippen molar-refractivity contribution in [3.63, 3.8) is 0 Å². The zero-order valence-corrected chi connectivity index (χ0v) is 22.1. The topological polar surface area (TPSA) is 102 Å². The van der Waals surface area contributed by atoms with E-state index >= 15 is 4.39 Å². The first-order valence-corrected chi connectivity index (χ1v) is 12.7. The van der Waals surface area contributed by atoms with Crippen LogP contribution in [-0.2, 0) is 0 Å². The second-order valence-electron chi connectivity index (χ2n) is 10.3. The molecule has 0 bridgehead atoms. The minimum atomic E-state index is -0.759. The number of nitrogens with two attached hydrogens (primary N) is 1. The predicted octanol–water partition coefficient (Wildman–Crippen LogP) is 4.32. The second-order valence-corrected chi connectivity index (χ2v) is 10.3.